The van der Waals surface area contributed by atoms with Crippen LogP contribution in [0.5, 0.6) is 5.75 Å². The molecule has 1 saturated heterocycles. The van der Waals surface area contributed by atoms with Crippen LogP contribution in [0.2, 0.25) is 5.02 Å². The quantitative estimate of drug-likeness (QED) is 0.261. The number of benzene rings is 2. The van der Waals surface area contributed by atoms with Crippen molar-refractivity contribution >= 4 is 45.1 Å². The number of halogens is 1. The minimum Gasteiger partial charge on any atom is -0.487 e. The molecule has 2 fully saturated rings. The summed E-state index contributed by atoms with van der Waals surface area (Å²) in [6, 6.07) is 10.1. The fourth-order valence-electron chi connectivity index (χ4n) is 5.47. The molecule has 3 heterocycles. The van der Waals surface area contributed by atoms with Crippen LogP contribution in [-0.2, 0) is 11.2 Å². The third-order valence-corrected chi connectivity index (χ3v) is 8.84. The summed E-state index contributed by atoms with van der Waals surface area (Å²) in [5, 5.41) is 11.1. The van der Waals surface area contributed by atoms with E-state index in [1.165, 1.54) is 24.2 Å². The molecule has 0 amide bonds. The number of ether oxygens (including phenoxy) is 1. The summed E-state index contributed by atoms with van der Waals surface area (Å²) < 4.78 is 7.23. The molecule has 214 valence electrons. The molecule has 6 rings (SSSR count). The Hall–Kier alpha value is -3.27. The molecule has 1 saturated carbocycles. The molecule has 8 nitrogen and oxygen atoms in total. The van der Waals surface area contributed by atoms with Gasteiger partial charge in [-0.15, -0.1) is 11.3 Å². The molecule has 1 aliphatic carbocycles. The highest BCUT2D eigenvalue weighted by Gasteiger charge is 2.32. The number of anilines is 1. The first-order chi connectivity index (χ1) is 19.6. The van der Waals surface area contributed by atoms with Gasteiger partial charge >= 0.3 is 5.97 Å². The number of aromatic nitrogens is 3. The molecular weight excluding hydrogens is 558 g/mol. The van der Waals surface area contributed by atoms with E-state index in [1.807, 2.05) is 52.0 Å². The third-order valence-electron chi connectivity index (χ3n) is 7.49. The van der Waals surface area contributed by atoms with Crippen LogP contribution in [0.15, 0.2) is 36.5 Å². The van der Waals surface area contributed by atoms with Gasteiger partial charge in [0.2, 0.25) is 5.95 Å². The van der Waals surface area contributed by atoms with Crippen LogP contribution in [0, 0.1) is 6.92 Å². The number of carbonyl (C=O) groups is 1. The van der Waals surface area contributed by atoms with Crippen LogP contribution < -0.4 is 9.64 Å². The standard InChI is InChI=1S/C31H34ClN5O3S/c1-18-15-24-28(27(22(18)17-26(38)39)21-8-5-19(32)16-25(21)40-31(2,3)4)41-29(34-24)23-9-10-33-30(35-23)37-13-11-36(12-14-37)20-6-7-20/h5,8-10,15-16,20H,6-7,11-14,17H2,1-4H3,(H,38,39). The summed E-state index contributed by atoms with van der Waals surface area (Å²) in [7, 11) is 0. The van der Waals surface area contributed by atoms with Crippen molar-refractivity contribution in [3.8, 4) is 27.6 Å². The van der Waals surface area contributed by atoms with Crippen LogP contribution in [0.4, 0.5) is 5.95 Å². The first kappa shape index (κ1) is 27.9. The summed E-state index contributed by atoms with van der Waals surface area (Å²) in [6.07, 6.45) is 4.32. The number of fused-ring (bicyclic) bond motifs is 1. The topological polar surface area (TPSA) is 91.7 Å². The first-order valence-electron chi connectivity index (χ1n) is 14.0. The van der Waals surface area contributed by atoms with Gasteiger partial charge in [0, 0.05) is 54.6 Å². The summed E-state index contributed by atoms with van der Waals surface area (Å²) in [5.74, 6) is 0.430. The number of hydrogen-bond acceptors (Lipinski definition) is 8. The Morgan fingerprint density at radius 2 is 1.88 bits per heavy atom. The first-order valence-corrected chi connectivity index (χ1v) is 15.2. The van der Waals surface area contributed by atoms with E-state index in [4.69, 9.17) is 26.3 Å². The second kappa shape index (κ2) is 10.9. The van der Waals surface area contributed by atoms with Gasteiger partial charge in [0.25, 0.3) is 0 Å². The van der Waals surface area contributed by atoms with Crippen molar-refractivity contribution in [1.29, 1.82) is 0 Å². The fourth-order valence-corrected chi connectivity index (χ4v) is 6.73. The number of piperazine rings is 1. The molecule has 0 spiro atoms. The van der Waals surface area contributed by atoms with Gasteiger partial charge in [0.15, 0.2) is 0 Å². The van der Waals surface area contributed by atoms with Crippen molar-refractivity contribution in [1.82, 2.24) is 19.9 Å². The van der Waals surface area contributed by atoms with Crippen molar-refractivity contribution in [3.63, 3.8) is 0 Å². The van der Waals surface area contributed by atoms with Crippen LogP contribution >= 0.6 is 22.9 Å². The smallest absolute Gasteiger partial charge is 0.307 e. The Kier molecular flexibility index (Phi) is 7.38. The largest absolute Gasteiger partial charge is 0.487 e. The summed E-state index contributed by atoms with van der Waals surface area (Å²) in [4.78, 5) is 31.3. The highest BCUT2D eigenvalue weighted by atomic mass is 35.5. The fraction of sp³-hybridized carbons (Fsp3) is 0.419. The molecular formula is C31H34ClN5O3S. The number of hydrogen-bond donors (Lipinski definition) is 1. The molecule has 2 aromatic heterocycles. The molecule has 0 bridgehead atoms. The zero-order valence-corrected chi connectivity index (χ0v) is 25.3. The van der Waals surface area contributed by atoms with Crippen LogP contribution in [0.25, 0.3) is 32.0 Å². The number of carboxylic acids is 1. The van der Waals surface area contributed by atoms with Crippen molar-refractivity contribution < 1.29 is 14.6 Å². The Labute approximate surface area is 249 Å². The second-order valence-corrected chi connectivity index (χ2v) is 13.3. The molecule has 0 radical (unpaired) electrons. The van der Waals surface area contributed by atoms with Crippen LogP contribution in [0.1, 0.15) is 44.7 Å². The van der Waals surface area contributed by atoms with Gasteiger partial charge in [-0.25, -0.2) is 15.0 Å². The van der Waals surface area contributed by atoms with E-state index in [9.17, 15) is 9.90 Å². The van der Waals surface area contributed by atoms with Crippen LogP contribution in [-0.4, -0.2) is 68.7 Å². The molecule has 2 aromatic carbocycles. The van der Waals surface area contributed by atoms with E-state index in [1.54, 1.807) is 12.3 Å². The SMILES string of the molecule is Cc1cc2nc(-c3ccnc(N4CCN(C5CC5)CC4)n3)sc2c(-c2ccc(Cl)cc2OC(C)(C)C)c1CC(=O)O. The number of nitrogens with zero attached hydrogens (tertiary/aromatic N) is 5. The maximum absolute atomic E-state index is 12.0. The summed E-state index contributed by atoms with van der Waals surface area (Å²) in [6.45, 7) is 11.8. The highest BCUT2D eigenvalue weighted by Crippen LogP contribution is 2.45. The highest BCUT2D eigenvalue weighted by molar-refractivity contribution is 7.22. The predicted octanol–water partition coefficient (Wildman–Crippen LogP) is 6.47. The molecule has 2 aliphatic rings. The average molecular weight is 592 g/mol. The van der Waals surface area contributed by atoms with Gasteiger partial charge in [-0.1, -0.05) is 11.6 Å². The lowest BCUT2D eigenvalue weighted by Crippen LogP contribution is -2.47. The van der Waals surface area contributed by atoms with Gasteiger partial charge in [0.05, 0.1) is 16.6 Å². The van der Waals surface area contributed by atoms with E-state index < -0.39 is 11.6 Å². The number of thiazole rings is 1. The number of rotatable bonds is 7. The van der Waals surface area contributed by atoms with Crippen molar-refractivity contribution in [2.45, 2.75) is 58.6 Å². The second-order valence-electron chi connectivity index (χ2n) is 11.8. The van der Waals surface area contributed by atoms with E-state index >= 15 is 0 Å². The van der Waals surface area contributed by atoms with E-state index in [2.05, 4.69) is 14.8 Å². The van der Waals surface area contributed by atoms with Gasteiger partial charge < -0.3 is 14.7 Å². The molecule has 0 atom stereocenters. The molecule has 4 aromatic rings. The molecule has 10 heteroatoms. The predicted molar refractivity (Wildman–Crippen MR) is 164 cm³/mol. The zero-order chi connectivity index (χ0) is 28.9. The Morgan fingerprint density at radius 3 is 2.56 bits per heavy atom. The maximum Gasteiger partial charge on any atom is 0.307 e. The van der Waals surface area contributed by atoms with E-state index in [0.717, 1.165) is 81.3 Å². The average Bonchev–Trinajstić information content (AvgIpc) is 3.68. The summed E-state index contributed by atoms with van der Waals surface area (Å²) >= 11 is 7.90. The lowest BCUT2D eigenvalue weighted by molar-refractivity contribution is -0.136. The van der Waals surface area contributed by atoms with Crippen molar-refractivity contribution in [2.75, 3.05) is 31.1 Å². The Balaban J connectivity index is 1.44. The zero-order valence-electron chi connectivity index (χ0n) is 23.8. The lowest BCUT2D eigenvalue weighted by Gasteiger charge is -2.34. The maximum atomic E-state index is 12.0. The molecule has 1 aliphatic heterocycles. The Bertz CT molecular complexity index is 1620. The van der Waals surface area contributed by atoms with Gasteiger partial charge in [-0.2, -0.15) is 0 Å². The van der Waals surface area contributed by atoms with Crippen molar-refractivity contribution in [3.05, 3.63) is 52.7 Å². The minimum atomic E-state index is -0.895. The molecule has 41 heavy (non-hydrogen) atoms. The number of aliphatic carboxylic acids is 1. The molecule has 1 N–H and O–H groups in total. The van der Waals surface area contributed by atoms with E-state index in [-0.39, 0.29) is 6.42 Å². The monoisotopic (exact) mass is 591 g/mol. The van der Waals surface area contributed by atoms with Gasteiger partial charge in [0.1, 0.15) is 22.1 Å². The van der Waals surface area contributed by atoms with Crippen LogP contribution in [0.3, 0.4) is 0 Å². The van der Waals surface area contributed by atoms with Crippen molar-refractivity contribution in [2.24, 2.45) is 0 Å². The Morgan fingerprint density at radius 1 is 1.12 bits per heavy atom. The third kappa shape index (κ3) is 6.03. The summed E-state index contributed by atoms with van der Waals surface area (Å²) in [5.41, 5.74) is 4.27. The molecule has 0 unspecified atom stereocenters. The lowest BCUT2D eigenvalue weighted by atomic mass is 9.92. The number of aryl methyl sites for hydroxylation is 1. The van der Waals surface area contributed by atoms with Gasteiger partial charge in [-0.05, 0) is 82.0 Å². The van der Waals surface area contributed by atoms with E-state index in [0.29, 0.717) is 10.8 Å². The normalized spacial score (nSPS) is 16.4. The number of carboxylic acid groups (broad SMARTS) is 1. The van der Waals surface area contributed by atoms with Gasteiger partial charge in [-0.3, -0.25) is 9.69 Å². The minimum absolute atomic E-state index is 0.119.